The van der Waals surface area contributed by atoms with E-state index < -0.39 is 5.97 Å². The number of carboxylic acid groups (broad SMARTS) is 1. The monoisotopic (exact) mass is 251 g/mol. The van der Waals surface area contributed by atoms with Crippen molar-refractivity contribution in [3.8, 4) is 0 Å². The van der Waals surface area contributed by atoms with Crippen LogP contribution in [-0.2, 0) is 11.2 Å². The fourth-order valence-corrected chi connectivity index (χ4v) is 1.45. The van der Waals surface area contributed by atoms with Crippen LogP contribution in [0.4, 0.5) is 0 Å². The highest BCUT2D eigenvalue weighted by Gasteiger charge is 2.08. The number of unbranched alkanes of at least 4 members (excludes halogenated alkanes) is 1. The van der Waals surface area contributed by atoms with Crippen molar-refractivity contribution in [2.75, 3.05) is 6.54 Å². The van der Waals surface area contributed by atoms with E-state index >= 15 is 0 Å². The third kappa shape index (κ3) is 8.76. The number of aliphatic carboxylic acids is 1. The van der Waals surface area contributed by atoms with Gasteiger partial charge in [-0.05, 0) is 24.9 Å². The van der Waals surface area contributed by atoms with E-state index in [0.29, 0.717) is 0 Å². The molecule has 0 aliphatic carbocycles. The first-order chi connectivity index (χ1) is 8.61. The lowest BCUT2D eigenvalue weighted by atomic mass is 10.1. The summed E-state index contributed by atoms with van der Waals surface area (Å²) in [6.07, 6.45) is 3.90. The van der Waals surface area contributed by atoms with Crippen molar-refractivity contribution in [2.45, 2.75) is 39.5 Å². The third-order valence-corrected chi connectivity index (χ3v) is 2.69. The number of carbonyl (C=O) groups is 1. The Morgan fingerprint density at radius 1 is 1.33 bits per heavy atom. The van der Waals surface area contributed by atoms with Crippen LogP contribution in [-0.4, -0.2) is 17.6 Å². The predicted molar refractivity (Wildman–Crippen MR) is 75.5 cm³/mol. The van der Waals surface area contributed by atoms with Crippen LogP contribution in [0.5, 0.6) is 0 Å². The van der Waals surface area contributed by atoms with Crippen molar-refractivity contribution in [2.24, 2.45) is 11.7 Å². The summed E-state index contributed by atoms with van der Waals surface area (Å²) in [6, 6.07) is 10.3. The van der Waals surface area contributed by atoms with Crippen LogP contribution in [0.25, 0.3) is 0 Å². The highest BCUT2D eigenvalue weighted by Crippen LogP contribution is 2.06. The summed E-state index contributed by atoms with van der Waals surface area (Å²) in [5.74, 6) is -0.839. The lowest BCUT2D eigenvalue weighted by Gasteiger charge is -2.02. The van der Waals surface area contributed by atoms with Gasteiger partial charge < -0.3 is 10.8 Å². The summed E-state index contributed by atoms with van der Waals surface area (Å²) in [4.78, 5) is 10.2. The lowest BCUT2D eigenvalue weighted by molar-refractivity contribution is -0.141. The van der Waals surface area contributed by atoms with Gasteiger partial charge in [-0.3, -0.25) is 4.79 Å². The molecule has 0 saturated carbocycles. The van der Waals surface area contributed by atoms with Crippen LogP contribution in [0.3, 0.4) is 0 Å². The van der Waals surface area contributed by atoms with Gasteiger partial charge in [-0.15, -0.1) is 0 Å². The molecule has 0 fully saturated rings. The number of carboxylic acids is 1. The van der Waals surface area contributed by atoms with Crippen molar-refractivity contribution in [3.05, 3.63) is 35.9 Å². The van der Waals surface area contributed by atoms with E-state index in [9.17, 15) is 4.79 Å². The molecule has 0 amide bonds. The Morgan fingerprint density at radius 2 is 1.94 bits per heavy atom. The maximum Gasteiger partial charge on any atom is 0.306 e. The zero-order valence-corrected chi connectivity index (χ0v) is 11.4. The first-order valence-electron chi connectivity index (χ1n) is 6.58. The lowest BCUT2D eigenvalue weighted by Crippen LogP contribution is -2.08. The van der Waals surface area contributed by atoms with E-state index in [2.05, 4.69) is 19.1 Å². The van der Waals surface area contributed by atoms with E-state index in [1.165, 1.54) is 5.56 Å². The predicted octanol–water partition coefficient (Wildman–Crippen LogP) is 3.09. The van der Waals surface area contributed by atoms with E-state index in [0.717, 1.165) is 32.2 Å². The van der Waals surface area contributed by atoms with Crippen molar-refractivity contribution in [1.82, 2.24) is 0 Å². The van der Waals surface area contributed by atoms with Crippen LogP contribution >= 0.6 is 0 Å². The standard InChI is InChI=1S/C8H11N.C7H14O2/c9-7-6-8-4-2-1-3-5-8;1-3-4-5-6(2)7(8)9/h1-5H,6-7,9H2;6H,3-5H2,1-2H3,(H,8,9). The Morgan fingerprint density at radius 3 is 2.39 bits per heavy atom. The first kappa shape index (κ1) is 16.6. The van der Waals surface area contributed by atoms with E-state index in [1.807, 2.05) is 18.2 Å². The average molecular weight is 251 g/mol. The van der Waals surface area contributed by atoms with Crippen LogP contribution in [0.15, 0.2) is 30.3 Å². The van der Waals surface area contributed by atoms with Gasteiger partial charge in [0.15, 0.2) is 0 Å². The van der Waals surface area contributed by atoms with Gasteiger partial charge in [0.1, 0.15) is 0 Å². The molecule has 0 spiro atoms. The summed E-state index contributed by atoms with van der Waals surface area (Å²) >= 11 is 0. The van der Waals surface area contributed by atoms with Crippen LogP contribution in [0.2, 0.25) is 0 Å². The molecule has 0 bridgehead atoms. The second-order valence-corrected chi connectivity index (χ2v) is 4.41. The van der Waals surface area contributed by atoms with E-state index in [4.69, 9.17) is 10.8 Å². The Bertz CT molecular complexity index is 312. The van der Waals surface area contributed by atoms with Crippen molar-refractivity contribution >= 4 is 5.97 Å². The van der Waals surface area contributed by atoms with Gasteiger partial charge in [0, 0.05) is 0 Å². The fourth-order valence-electron chi connectivity index (χ4n) is 1.45. The van der Waals surface area contributed by atoms with Crippen LogP contribution in [0.1, 0.15) is 38.7 Å². The molecule has 1 aromatic carbocycles. The average Bonchev–Trinajstić information content (AvgIpc) is 2.38. The molecule has 0 heterocycles. The zero-order valence-electron chi connectivity index (χ0n) is 11.4. The highest BCUT2D eigenvalue weighted by atomic mass is 16.4. The molecule has 3 N–H and O–H groups in total. The molecule has 3 heteroatoms. The molecule has 0 aliphatic heterocycles. The second kappa shape index (κ2) is 10.8. The molecular formula is C15H25NO2. The molecular weight excluding hydrogens is 226 g/mol. The number of benzene rings is 1. The maximum atomic E-state index is 10.2. The molecule has 1 unspecified atom stereocenters. The summed E-state index contributed by atoms with van der Waals surface area (Å²) in [5, 5.41) is 8.41. The minimum Gasteiger partial charge on any atom is -0.481 e. The Hall–Kier alpha value is -1.35. The van der Waals surface area contributed by atoms with Crippen molar-refractivity contribution in [1.29, 1.82) is 0 Å². The number of hydrogen-bond acceptors (Lipinski definition) is 2. The Kier molecular flexibility index (Phi) is 9.97. The Balaban J connectivity index is 0.000000321. The van der Waals surface area contributed by atoms with Gasteiger partial charge in [-0.1, -0.05) is 57.0 Å². The highest BCUT2D eigenvalue weighted by molar-refractivity contribution is 5.69. The van der Waals surface area contributed by atoms with Crippen molar-refractivity contribution < 1.29 is 9.90 Å². The SMILES string of the molecule is CCCCC(C)C(=O)O.NCCc1ccccc1. The number of rotatable bonds is 6. The molecule has 1 aromatic rings. The second-order valence-electron chi connectivity index (χ2n) is 4.41. The Labute approximate surface area is 110 Å². The molecule has 102 valence electrons. The van der Waals surface area contributed by atoms with Gasteiger partial charge in [0.05, 0.1) is 5.92 Å². The molecule has 1 atom stereocenters. The molecule has 3 nitrogen and oxygen atoms in total. The maximum absolute atomic E-state index is 10.2. The summed E-state index contributed by atoms with van der Waals surface area (Å²) < 4.78 is 0. The van der Waals surface area contributed by atoms with Gasteiger partial charge in [-0.2, -0.15) is 0 Å². The van der Waals surface area contributed by atoms with Gasteiger partial charge in [0.25, 0.3) is 0 Å². The fraction of sp³-hybridized carbons (Fsp3) is 0.533. The summed E-state index contributed by atoms with van der Waals surface area (Å²) in [6.45, 7) is 4.55. The number of hydrogen-bond donors (Lipinski definition) is 2. The summed E-state index contributed by atoms with van der Waals surface area (Å²) in [5.41, 5.74) is 6.68. The minimum atomic E-state index is -0.677. The van der Waals surface area contributed by atoms with Crippen LogP contribution < -0.4 is 5.73 Å². The van der Waals surface area contributed by atoms with Crippen LogP contribution in [0, 0.1) is 5.92 Å². The third-order valence-electron chi connectivity index (χ3n) is 2.69. The number of nitrogens with two attached hydrogens (primary N) is 1. The summed E-state index contributed by atoms with van der Waals surface area (Å²) in [7, 11) is 0. The van der Waals surface area contributed by atoms with Gasteiger partial charge in [-0.25, -0.2) is 0 Å². The largest absolute Gasteiger partial charge is 0.481 e. The molecule has 0 aromatic heterocycles. The molecule has 18 heavy (non-hydrogen) atoms. The molecule has 1 rings (SSSR count). The smallest absolute Gasteiger partial charge is 0.306 e. The minimum absolute atomic E-state index is 0.162. The molecule has 0 aliphatic rings. The normalized spacial score (nSPS) is 11.3. The molecule has 0 saturated heterocycles. The zero-order chi connectivity index (χ0) is 13.8. The molecule has 0 radical (unpaired) electrons. The van der Waals surface area contributed by atoms with Crippen molar-refractivity contribution in [3.63, 3.8) is 0 Å². The van der Waals surface area contributed by atoms with E-state index in [1.54, 1.807) is 6.92 Å². The van der Waals surface area contributed by atoms with E-state index in [-0.39, 0.29) is 5.92 Å². The quantitative estimate of drug-likeness (QED) is 0.816. The van der Waals surface area contributed by atoms with Gasteiger partial charge in [0.2, 0.25) is 0 Å². The van der Waals surface area contributed by atoms with Gasteiger partial charge >= 0.3 is 5.97 Å². The topological polar surface area (TPSA) is 63.3 Å². The first-order valence-corrected chi connectivity index (χ1v) is 6.58.